The zero-order valence-corrected chi connectivity index (χ0v) is 11.6. The van der Waals surface area contributed by atoms with Crippen molar-refractivity contribution in [1.82, 2.24) is 15.1 Å². The second-order valence-electron chi connectivity index (χ2n) is 4.38. The van der Waals surface area contributed by atoms with E-state index in [1.807, 2.05) is 38.1 Å². The Hall–Kier alpha value is -1.20. The van der Waals surface area contributed by atoms with E-state index in [-0.39, 0.29) is 5.56 Å². The first kappa shape index (κ1) is 12.3. The number of fused-ring (bicyclic) bond motifs is 1. The fourth-order valence-electron chi connectivity index (χ4n) is 1.93. The first-order valence-electron chi connectivity index (χ1n) is 5.31. The van der Waals surface area contributed by atoms with Crippen molar-refractivity contribution in [3.8, 4) is 0 Å². The molecule has 0 fully saturated rings. The maximum absolute atomic E-state index is 11.8. The zero-order valence-electron chi connectivity index (χ0n) is 10.0. The van der Waals surface area contributed by atoms with Gasteiger partial charge in [0.15, 0.2) is 0 Å². The van der Waals surface area contributed by atoms with Gasteiger partial charge >= 0.3 is 0 Å². The number of aromatic nitrogens is 2. The molecule has 2 aromatic rings. The van der Waals surface area contributed by atoms with Crippen LogP contribution in [0.25, 0.3) is 10.8 Å². The van der Waals surface area contributed by atoms with E-state index in [1.54, 1.807) is 0 Å². The minimum Gasteiger partial charge on any atom is -0.303 e. The van der Waals surface area contributed by atoms with Crippen LogP contribution in [0.2, 0.25) is 0 Å². The van der Waals surface area contributed by atoms with Crippen LogP contribution in [0.4, 0.5) is 0 Å². The smallest absolute Gasteiger partial charge is 0.272 e. The van der Waals surface area contributed by atoms with Crippen molar-refractivity contribution < 1.29 is 0 Å². The SMILES string of the molecule is Cc1cc(Br)cc2c(CN(C)C)n[nH]c(=O)c12. The Bertz CT molecular complexity index is 619. The van der Waals surface area contributed by atoms with Crippen LogP contribution in [-0.4, -0.2) is 29.2 Å². The second-order valence-corrected chi connectivity index (χ2v) is 5.30. The first-order chi connectivity index (χ1) is 7.99. The molecule has 2 rings (SSSR count). The molecule has 0 radical (unpaired) electrons. The molecule has 0 atom stereocenters. The lowest BCUT2D eigenvalue weighted by molar-refractivity contribution is 0.396. The Morgan fingerprint density at radius 3 is 2.76 bits per heavy atom. The van der Waals surface area contributed by atoms with E-state index in [4.69, 9.17) is 0 Å². The molecule has 1 N–H and O–H groups in total. The van der Waals surface area contributed by atoms with Gasteiger partial charge in [-0.05, 0) is 38.7 Å². The molecule has 90 valence electrons. The van der Waals surface area contributed by atoms with Crippen LogP contribution in [0.1, 0.15) is 11.3 Å². The quantitative estimate of drug-likeness (QED) is 0.923. The average molecular weight is 296 g/mol. The van der Waals surface area contributed by atoms with Crippen molar-refractivity contribution in [3.05, 3.63) is 38.2 Å². The summed E-state index contributed by atoms with van der Waals surface area (Å²) < 4.78 is 0.968. The maximum atomic E-state index is 11.8. The summed E-state index contributed by atoms with van der Waals surface area (Å²) in [5.41, 5.74) is 1.71. The fraction of sp³-hybridized carbons (Fsp3) is 0.333. The lowest BCUT2D eigenvalue weighted by Crippen LogP contribution is -2.17. The molecule has 0 saturated heterocycles. The number of benzene rings is 1. The standard InChI is InChI=1S/C12H14BrN3O/c1-7-4-8(13)5-9-10(6-16(2)3)14-15-12(17)11(7)9/h4-5H,6H2,1-3H3,(H,15,17). The van der Waals surface area contributed by atoms with E-state index in [0.717, 1.165) is 26.5 Å². The fourth-order valence-corrected chi connectivity index (χ4v) is 2.50. The monoisotopic (exact) mass is 295 g/mol. The van der Waals surface area contributed by atoms with Crippen molar-refractivity contribution in [2.24, 2.45) is 0 Å². The normalized spacial score (nSPS) is 11.4. The molecule has 0 aliphatic heterocycles. The van der Waals surface area contributed by atoms with Crippen LogP contribution >= 0.6 is 15.9 Å². The van der Waals surface area contributed by atoms with E-state index in [1.165, 1.54) is 0 Å². The minimum atomic E-state index is -0.132. The number of rotatable bonds is 2. The van der Waals surface area contributed by atoms with E-state index >= 15 is 0 Å². The number of H-pyrrole nitrogens is 1. The van der Waals surface area contributed by atoms with Crippen molar-refractivity contribution in [2.75, 3.05) is 14.1 Å². The molecule has 0 bridgehead atoms. The van der Waals surface area contributed by atoms with Gasteiger partial charge in [0, 0.05) is 16.4 Å². The molecule has 1 heterocycles. The number of halogens is 1. The second kappa shape index (κ2) is 4.58. The van der Waals surface area contributed by atoms with Gasteiger partial charge in [-0.3, -0.25) is 4.79 Å². The first-order valence-corrected chi connectivity index (χ1v) is 6.10. The molecule has 5 heteroatoms. The van der Waals surface area contributed by atoms with Gasteiger partial charge < -0.3 is 4.90 Å². The van der Waals surface area contributed by atoms with Gasteiger partial charge in [-0.2, -0.15) is 5.10 Å². The summed E-state index contributed by atoms with van der Waals surface area (Å²) in [4.78, 5) is 13.8. The molecule has 17 heavy (non-hydrogen) atoms. The van der Waals surface area contributed by atoms with Crippen LogP contribution in [-0.2, 0) is 6.54 Å². The molecule has 1 aromatic carbocycles. The Morgan fingerprint density at radius 1 is 1.41 bits per heavy atom. The van der Waals surface area contributed by atoms with Crippen LogP contribution in [0, 0.1) is 6.92 Å². The van der Waals surface area contributed by atoms with Crippen molar-refractivity contribution in [2.45, 2.75) is 13.5 Å². The summed E-state index contributed by atoms with van der Waals surface area (Å²) in [6.45, 7) is 2.63. The van der Waals surface area contributed by atoms with Gasteiger partial charge in [-0.15, -0.1) is 0 Å². The number of aryl methyl sites for hydroxylation is 1. The molecule has 4 nitrogen and oxygen atoms in total. The topological polar surface area (TPSA) is 49.0 Å². The lowest BCUT2D eigenvalue weighted by atomic mass is 10.1. The molecular formula is C12H14BrN3O. The molecule has 0 amide bonds. The highest BCUT2D eigenvalue weighted by molar-refractivity contribution is 9.10. The Morgan fingerprint density at radius 2 is 2.12 bits per heavy atom. The summed E-state index contributed by atoms with van der Waals surface area (Å²) >= 11 is 3.45. The molecular weight excluding hydrogens is 282 g/mol. The largest absolute Gasteiger partial charge is 0.303 e. The maximum Gasteiger partial charge on any atom is 0.272 e. The summed E-state index contributed by atoms with van der Waals surface area (Å²) in [7, 11) is 3.95. The van der Waals surface area contributed by atoms with Crippen molar-refractivity contribution in [3.63, 3.8) is 0 Å². The summed E-state index contributed by atoms with van der Waals surface area (Å²) in [6.07, 6.45) is 0. The number of hydrogen-bond donors (Lipinski definition) is 1. The third kappa shape index (κ3) is 2.40. The lowest BCUT2D eigenvalue weighted by Gasteiger charge is -2.11. The summed E-state index contributed by atoms with van der Waals surface area (Å²) in [5.74, 6) is 0. The van der Waals surface area contributed by atoms with Gasteiger partial charge in [-0.1, -0.05) is 15.9 Å². The highest BCUT2D eigenvalue weighted by atomic mass is 79.9. The third-order valence-corrected chi connectivity index (χ3v) is 3.05. The summed E-state index contributed by atoms with van der Waals surface area (Å²) in [5, 5.41) is 8.32. The highest BCUT2D eigenvalue weighted by Gasteiger charge is 2.10. The average Bonchev–Trinajstić information content (AvgIpc) is 2.20. The molecule has 0 aliphatic carbocycles. The van der Waals surface area contributed by atoms with Crippen molar-refractivity contribution >= 4 is 26.7 Å². The van der Waals surface area contributed by atoms with E-state index < -0.39 is 0 Å². The van der Waals surface area contributed by atoms with E-state index in [0.29, 0.717) is 6.54 Å². The van der Waals surface area contributed by atoms with Gasteiger partial charge in [0.25, 0.3) is 5.56 Å². The molecule has 0 unspecified atom stereocenters. The molecule has 1 aromatic heterocycles. The van der Waals surface area contributed by atoms with E-state index in [9.17, 15) is 4.79 Å². The van der Waals surface area contributed by atoms with E-state index in [2.05, 4.69) is 26.1 Å². The zero-order chi connectivity index (χ0) is 12.6. The number of nitrogens with one attached hydrogen (secondary N) is 1. The Balaban J connectivity index is 2.79. The van der Waals surface area contributed by atoms with Crippen LogP contribution in [0.3, 0.4) is 0 Å². The number of aromatic amines is 1. The third-order valence-electron chi connectivity index (χ3n) is 2.60. The van der Waals surface area contributed by atoms with Crippen LogP contribution in [0.15, 0.2) is 21.4 Å². The predicted octanol–water partition coefficient (Wildman–Crippen LogP) is 2.06. The molecule has 0 saturated carbocycles. The van der Waals surface area contributed by atoms with Crippen LogP contribution in [0.5, 0.6) is 0 Å². The predicted molar refractivity (Wildman–Crippen MR) is 72.2 cm³/mol. The Labute approximate surface area is 108 Å². The number of nitrogens with zero attached hydrogens (tertiary/aromatic N) is 2. The van der Waals surface area contributed by atoms with Crippen molar-refractivity contribution in [1.29, 1.82) is 0 Å². The highest BCUT2D eigenvalue weighted by Crippen LogP contribution is 2.23. The van der Waals surface area contributed by atoms with Gasteiger partial charge in [0.1, 0.15) is 0 Å². The van der Waals surface area contributed by atoms with Gasteiger partial charge in [0.2, 0.25) is 0 Å². The molecule has 0 aliphatic rings. The minimum absolute atomic E-state index is 0.132. The van der Waals surface area contributed by atoms with Gasteiger partial charge in [0.05, 0.1) is 11.1 Å². The Kier molecular flexibility index (Phi) is 3.31. The number of hydrogen-bond acceptors (Lipinski definition) is 3. The van der Waals surface area contributed by atoms with Crippen LogP contribution < -0.4 is 5.56 Å². The molecule has 0 spiro atoms. The van der Waals surface area contributed by atoms with Gasteiger partial charge in [-0.25, -0.2) is 5.10 Å². The summed E-state index contributed by atoms with van der Waals surface area (Å²) in [6, 6.07) is 3.89.